The largest absolute Gasteiger partial charge is 0.508 e. The van der Waals surface area contributed by atoms with Crippen molar-refractivity contribution in [2.24, 2.45) is 10.2 Å². The third-order valence-electron chi connectivity index (χ3n) is 1.83. The zero-order valence-electron chi connectivity index (χ0n) is 8.25. The molecule has 2 N–H and O–H groups in total. The molecule has 0 spiro atoms. The van der Waals surface area contributed by atoms with Crippen LogP contribution in [0.1, 0.15) is 5.56 Å². The van der Waals surface area contributed by atoms with Gasteiger partial charge in [0.15, 0.2) is 5.17 Å². The van der Waals surface area contributed by atoms with Gasteiger partial charge < -0.3 is 10.4 Å². The molecule has 1 fully saturated rings. The smallest absolute Gasteiger partial charge is 0.236 e. The molecule has 2 rings (SSSR count). The van der Waals surface area contributed by atoms with Crippen LogP contribution in [0.15, 0.2) is 34.5 Å². The minimum atomic E-state index is -0.0522. The van der Waals surface area contributed by atoms with Crippen molar-refractivity contribution < 1.29 is 9.90 Å². The van der Waals surface area contributed by atoms with Crippen LogP contribution in [0.25, 0.3) is 0 Å². The fourth-order valence-corrected chi connectivity index (χ4v) is 1.72. The van der Waals surface area contributed by atoms with Gasteiger partial charge in [-0.3, -0.25) is 4.79 Å². The lowest BCUT2D eigenvalue weighted by Gasteiger charge is -1.92. The van der Waals surface area contributed by atoms with Gasteiger partial charge in [0.05, 0.1) is 12.0 Å². The van der Waals surface area contributed by atoms with Crippen LogP contribution < -0.4 is 5.32 Å². The highest BCUT2D eigenvalue weighted by Crippen LogP contribution is 2.09. The predicted molar refractivity (Wildman–Crippen MR) is 63.7 cm³/mol. The molecule has 1 aliphatic heterocycles. The molecule has 16 heavy (non-hydrogen) atoms. The van der Waals surface area contributed by atoms with Crippen LogP contribution in [0, 0.1) is 0 Å². The first-order chi connectivity index (χ1) is 7.74. The highest BCUT2D eigenvalue weighted by atomic mass is 32.2. The quantitative estimate of drug-likeness (QED) is 0.592. The number of amides is 1. The third-order valence-corrected chi connectivity index (χ3v) is 2.70. The lowest BCUT2D eigenvalue weighted by molar-refractivity contribution is -0.116. The number of phenols is 1. The standard InChI is InChI=1S/C10H9N3O2S/c14-8-3-1-7(2-4-8)5-11-13-10-12-9(15)6-16-10/h1-5,14H,6H2,(H,12,13,15). The van der Waals surface area contributed by atoms with Crippen LogP contribution in [0.4, 0.5) is 0 Å². The second-order valence-electron chi connectivity index (χ2n) is 3.08. The summed E-state index contributed by atoms with van der Waals surface area (Å²) in [6.45, 7) is 0. The molecule has 1 aromatic carbocycles. The Hall–Kier alpha value is -1.82. The Kier molecular flexibility index (Phi) is 3.21. The van der Waals surface area contributed by atoms with E-state index >= 15 is 0 Å². The monoisotopic (exact) mass is 235 g/mol. The van der Waals surface area contributed by atoms with Crippen molar-refractivity contribution in [3.8, 4) is 5.75 Å². The van der Waals surface area contributed by atoms with Crippen molar-refractivity contribution in [1.29, 1.82) is 0 Å². The summed E-state index contributed by atoms with van der Waals surface area (Å²) >= 11 is 1.32. The van der Waals surface area contributed by atoms with Gasteiger partial charge in [0.2, 0.25) is 5.91 Å². The number of hydrogen-bond donors (Lipinski definition) is 2. The van der Waals surface area contributed by atoms with Gasteiger partial charge >= 0.3 is 0 Å². The van der Waals surface area contributed by atoms with E-state index in [1.807, 2.05) is 0 Å². The minimum absolute atomic E-state index is 0.0522. The van der Waals surface area contributed by atoms with Crippen molar-refractivity contribution in [3.63, 3.8) is 0 Å². The highest BCUT2D eigenvalue weighted by Gasteiger charge is 2.15. The number of phenolic OH excluding ortho intramolecular Hbond substituents is 1. The van der Waals surface area contributed by atoms with Crippen LogP contribution in [-0.2, 0) is 4.79 Å². The topological polar surface area (TPSA) is 74.0 Å². The molecule has 1 heterocycles. The number of thioether (sulfide) groups is 1. The molecule has 0 aliphatic carbocycles. The third kappa shape index (κ3) is 2.83. The SMILES string of the molecule is O=C1CS/C(=N\N=Cc2ccc(O)cc2)N1. The van der Waals surface area contributed by atoms with E-state index in [0.29, 0.717) is 10.9 Å². The van der Waals surface area contributed by atoms with E-state index in [2.05, 4.69) is 15.5 Å². The summed E-state index contributed by atoms with van der Waals surface area (Å²) in [6, 6.07) is 6.58. The first kappa shape index (κ1) is 10.7. The Bertz CT molecular complexity index is 454. The summed E-state index contributed by atoms with van der Waals surface area (Å²) in [5.74, 6) is 0.554. The first-order valence-corrected chi connectivity index (χ1v) is 5.55. The van der Waals surface area contributed by atoms with Crippen molar-refractivity contribution in [3.05, 3.63) is 29.8 Å². The molecule has 1 amide bonds. The Labute approximate surface area is 96.3 Å². The molecular weight excluding hydrogens is 226 g/mol. The molecule has 0 atom stereocenters. The van der Waals surface area contributed by atoms with E-state index < -0.39 is 0 Å². The molecule has 1 aliphatic rings. The van der Waals surface area contributed by atoms with Gasteiger partial charge in [-0.2, -0.15) is 5.10 Å². The lowest BCUT2D eigenvalue weighted by Crippen LogP contribution is -2.19. The average Bonchev–Trinajstić information content (AvgIpc) is 2.67. The number of carbonyl (C=O) groups excluding carboxylic acids is 1. The zero-order valence-corrected chi connectivity index (χ0v) is 9.07. The van der Waals surface area contributed by atoms with Gasteiger partial charge in [-0.1, -0.05) is 11.8 Å². The van der Waals surface area contributed by atoms with Crippen LogP contribution in [0.2, 0.25) is 0 Å². The summed E-state index contributed by atoms with van der Waals surface area (Å²) in [5.41, 5.74) is 0.830. The molecule has 5 nitrogen and oxygen atoms in total. The average molecular weight is 235 g/mol. The Balaban J connectivity index is 1.99. The van der Waals surface area contributed by atoms with Crippen LogP contribution in [0.5, 0.6) is 5.75 Å². The second kappa shape index (κ2) is 4.80. The number of carbonyl (C=O) groups is 1. The van der Waals surface area contributed by atoms with Gasteiger partial charge in [0, 0.05) is 0 Å². The predicted octanol–water partition coefficient (Wildman–Crippen LogP) is 0.945. The molecule has 1 aromatic rings. The van der Waals surface area contributed by atoms with E-state index in [9.17, 15) is 4.79 Å². The maximum atomic E-state index is 10.8. The number of hydrogen-bond acceptors (Lipinski definition) is 5. The Morgan fingerprint density at radius 3 is 2.75 bits per heavy atom. The molecular formula is C10H9N3O2S. The normalized spacial score (nSPS) is 18.2. The molecule has 0 bridgehead atoms. The molecule has 0 unspecified atom stereocenters. The van der Waals surface area contributed by atoms with E-state index in [1.165, 1.54) is 11.8 Å². The summed E-state index contributed by atoms with van der Waals surface area (Å²) in [7, 11) is 0. The molecule has 0 aromatic heterocycles. The van der Waals surface area contributed by atoms with Crippen molar-refractivity contribution in [2.45, 2.75) is 0 Å². The van der Waals surface area contributed by atoms with Gasteiger partial charge in [0.1, 0.15) is 5.75 Å². The van der Waals surface area contributed by atoms with Crippen LogP contribution >= 0.6 is 11.8 Å². The number of benzene rings is 1. The Morgan fingerprint density at radius 1 is 1.38 bits per heavy atom. The molecule has 6 heteroatoms. The summed E-state index contributed by atoms with van der Waals surface area (Å²) < 4.78 is 0. The van der Waals surface area contributed by atoms with Crippen molar-refractivity contribution >= 4 is 29.1 Å². The van der Waals surface area contributed by atoms with Gasteiger partial charge in [-0.15, -0.1) is 5.10 Å². The van der Waals surface area contributed by atoms with Gasteiger partial charge in [-0.05, 0) is 29.8 Å². The number of amidine groups is 1. The molecule has 1 saturated heterocycles. The summed E-state index contributed by atoms with van der Waals surface area (Å²) in [5, 5.41) is 19.8. The van der Waals surface area contributed by atoms with E-state index in [1.54, 1.807) is 30.5 Å². The van der Waals surface area contributed by atoms with Gasteiger partial charge in [0.25, 0.3) is 0 Å². The summed E-state index contributed by atoms with van der Waals surface area (Å²) in [6.07, 6.45) is 1.55. The van der Waals surface area contributed by atoms with Crippen molar-refractivity contribution in [2.75, 3.05) is 5.75 Å². The number of rotatable bonds is 2. The minimum Gasteiger partial charge on any atom is -0.508 e. The fraction of sp³-hybridized carbons (Fsp3) is 0.100. The van der Waals surface area contributed by atoms with E-state index in [-0.39, 0.29) is 11.7 Å². The van der Waals surface area contributed by atoms with Crippen molar-refractivity contribution in [1.82, 2.24) is 5.32 Å². The number of nitrogens with one attached hydrogen (secondary N) is 1. The number of nitrogens with zero attached hydrogens (tertiary/aromatic N) is 2. The first-order valence-electron chi connectivity index (χ1n) is 4.57. The maximum Gasteiger partial charge on any atom is 0.236 e. The molecule has 82 valence electrons. The number of aromatic hydroxyl groups is 1. The van der Waals surface area contributed by atoms with Crippen LogP contribution in [0.3, 0.4) is 0 Å². The second-order valence-corrected chi connectivity index (χ2v) is 4.04. The lowest BCUT2D eigenvalue weighted by atomic mass is 10.2. The molecule has 0 saturated carbocycles. The molecule has 0 radical (unpaired) electrons. The maximum absolute atomic E-state index is 10.8. The van der Waals surface area contributed by atoms with Gasteiger partial charge in [-0.25, -0.2) is 0 Å². The Morgan fingerprint density at radius 2 is 2.12 bits per heavy atom. The summed E-state index contributed by atoms with van der Waals surface area (Å²) in [4.78, 5) is 10.8. The fourth-order valence-electron chi connectivity index (χ4n) is 1.09. The zero-order chi connectivity index (χ0) is 11.4. The van der Waals surface area contributed by atoms with E-state index in [0.717, 1.165) is 5.56 Å². The van der Waals surface area contributed by atoms with Crippen LogP contribution in [-0.4, -0.2) is 28.1 Å². The van der Waals surface area contributed by atoms with E-state index in [4.69, 9.17) is 5.11 Å². The highest BCUT2D eigenvalue weighted by molar-refractivity contribution is 8.15.